The van der Waals surface area contributed by atoms with E-state index in [1.807, 2.05) is 24.3 Å². The molecule has 2 N–H and O–H groups in total. The maximum Gasteiger partial charge on any atom is 0.252 e. The van der Waals surface area contributed by atoms with Crippen LogP contribution in [0.2, 0.25) is 0 Å². The Balaban J connectivity index is 2.19. The first-order valence-corrected chi connectivity index (χ1v) is 6.87. The highest BCUT2D eigenvalue weighted by molar-refractivity contribution is 9.10. The average molecular weight is 344 g/mol. The quantitative estimate of drug-likeness (QED) is 0.738. The molecule has 0 aliphatic heterocycles. The fourth-order valence-corrected chi connectivity index (χ4v) is 2.26. The molecule has 2 heterocycles. The van der Waals surface area contributed by atoms with Crippen LogP contribution >= 0.6 is 15.9 Å². The van der Waals surface area contributed by atoms with Crippen molar-refractivity contribution in [1.29, 1.82) is 0 Å². The van der Waals surface area contributed by atoms with Crippen LogP contribution < -0.4 is 5.73 Å². The fourth-order valence-electron chi connectivity index (χ4n) is 2.00. The Morgan fingerprint density at radius 2 is 1.81 bits per heavy atom. The fraction of sp³-hybridized carbons (Fsp3) is 0. The Kier molecular flexibility index (Phi) is 3.49. The number of carbonyl (C=O) groups is 1. The summed E-state index contributed by atoms with van der Waals surface area (Å²) in [4.78, 5) is 19.5. The summed E-state index contributed by atoms with van der Waals surface area (Å²) < 4.78 is 2.30. The molecule has 0 fully saturated rings. The minimum atomic E-state index is 0.252. The van der Waals surface area contributed by atoms with Gasteiger partial charge in [0.15, 0.2) is 6.29 Å². The molecule has 0 unspecified atom stereocenters. The van der Waals surface area contributed by atoms with Gasteiger partial charge in [0.1, 0.15) is 11.5 Å². The molecule has 3 aromatic rings. The van der Waals surface area contributed by atoms with E-state index in [0.717, 1.165) is 10.0 Å². The number of rotatable bonds is 3. The number of anilines is 1. The summed E-state index contributed by atoms with van der Waals surface area (Å²) in [5.74, 6) is 0.645. The molecule has 0 atom stereocenters. The highest BCUT2D eigenvalue weighted by Gasteiger charge is 2.18. The lowest BCUT2D eigenvalue weighted by molar-refractivity contribution is 0.111. The molecule has 21 heavy (non-hydrogen) atoms. The largest absolute Gasteiger partial charge is 0.383 e. The first-order chi connectivity index (χ1) is 10.2. The molecule has 7 heteroatoms. The van der Waals surface area contributed by atoms with Crippen molar-refractivity contribution in [2.75, 3.05) is 5.73 Å². The van der Waals surface area contributed by atoms with Crippen molar-refractivity contribution in [3.63, 3.8) is 0 Å². The van der Waals surface area contributed by atoms with E-state index in [-0.39, 0.29) is 5.69 Å². The molecule has 6 nitrogen and oxygen atoms in total. The van der Waals surface area contributed by atoms with Crippen molar-refractivity contribution < 1.29 is 4.79 Å². The highest BCUT2D eigenvalue weighted by Crippen LogP contribution is 2.30. The molecule has 0 spiro atoms. The second-order valence-electron chi connectivity index (χ2n) is 4.23. The van der Waals surface area contributed by atoms with Crippen LogP contribution in [0.5, 0.6) is 0 Å². The number of benzene rings is 1. The Labute approximate surface area is 128 Å². The molecule has 0 aliphatic rings. The summed E-state index contributed by atoms with van der Waals surface area (Å²) in [6, 6.07) is 9.17. The second-order valence-corrected chi connectivity index (χ2v) is 5.15. The zero-order valence-electron chi connectivity index (χ0n) is 10.8. The number of aldehydes is 1. The van der Waals surface area contributed by atoms with E-state index in [4.69, 9.17) is 5.73 Å². The van der Waals surface area contributed by atoms with Crippen LogP contribution in [0.4, 0.5) is 5.82 Å². The van der Waals surface area contributed by atoms with E-state index in [1.165, 1.54) is 4.68 Å². The molecule has 0 saturated heterocycles. The topological polar surface area (TPSA) is 86.7 Å². The van der Waals surface area contributed by atoms with Gasteiger partial charge >= 0.3 is 0 Å². The maximum absolute atomic E-state index is 11.3. The lowest BCUT2D eigenvalue weighted by atomic mass is 10.1. The van der Waals surface area contributed by atoms with E-state index in [2.05, 4.69) is 31.0 Å². The number of aromatic nitrogens is 4. The van der Waals surface area contributed by atoms with Gasteiger partial charge in [0.25, 0.3) is 5.95 Å². The molecule has 0 aliphatic carbocycles. The zero-order chi connectivity index (χ0) is 14.8. The van der Waals surface area contributed by atoms with Gasteiger partial charge in [-0.2, -0.15) is 9.78 Å². The third-order valence-corrected chi connectivity index (χ3v) is 3.46. The summed E-state index contributed by atoms with van der Waals surface area (Å²) >= 11 is 3.37. The van der Waals surface area contributed by atoms with Crippen LogP contribution in [0.15, 0.2) is 47.2 Å². The maximum atomic E-state index is 11.3. The SMILES string of the molecule is Nc1c(-c2ccc(Br)cc2)c(C=O)nn1-c1ncccn1. The van der Waals surface area contributed by atoms with Gasteiger partial charge in [0, 0.05) is 16.9 Å². The molecule has 1 aromatic carbocycles. The Bertz CT molecular complexity index is 783. The zero-order valence-corrected chi connectivity index (χ0v) is 12.4. The molecule has 0 bridgehead atoms. The van der Waals surface area contributed by atoms with Crippen LogP contribution in [-0.2, 0) is 0 Å². The van der Waals surface area contributed by atoms with Crippen molar-refractivity contribution in [3.8, 4) is 17.1 Å². The molecule has 0 amide bonds. The van der Waals surface area contributed by atoms with Gasteiger partial charge in [-0.1, -0.05) is 28.1 Å². The van der Waals surface area contributed by atoms with Crippen LogP contribution in [0.3, 0.4) is 0 Å². The number of carbonyl (C=O) groups excluding carboxylic acids is 1. The van der Waals surface area contributed by atoms with Gasteiger partial charge in [-0.15, -0.1) is 0 Å². The molecular formula is C14H10BrN5O. The summed E-state index contributed by atoms with van der Waals surface area (Å²) in [5.41, 5.74) is 7.76. The lowest BCUT2D eigenvalue weighted by Crippen LogP contribution is -2.06. The number of nitrogens with zero attached hydrogens (tertiary/aromatic N) is 4. The average Bonchev–Trinajstić information content (AvgIpc) is 2.86. The standard InChI is InChI=1S/C14H10BrN5O/c15-10-4-2-9(3-5-10)12-11(8-21)19-20(13(12)16)14-17-6-1-7-18-14/h1-8H,16H2. The van der Waals surface area contributed by atoms with Gasteiger partial charge in [-0.25, -0.2) is 9.97 Å². The van der Waals surface area contributed by atoms with Gasteiger partial charge in [-0.3, -0.25) is 4.79 Å². The van der Waals surface area contributed by atoms with Crippen LogP contribution in [0.1, 0.15) is 10.5 Å². The van der Waals surface area contributed by atoms with Crippen LogP contribution in [-0.4, -0.2) is 26.0 Å². The van der Waals surface area contributed by atoms with E-state index in [0.29, 0.717) is 23.6 Å². The molecule has 3 rings (SSSR count). The van der Waals surface area contributed by atoms with Gasteiger partial charge in [0.2, 0.25) is 0 Å². The third kappa shape index (κ3) is 2.43. The number of nitrogens with two attached hydrogens (primary N) is 1. The van der Waals surface area contributed by atoms with Crippen molar-refractivity contribution >= 4 is 28.0 Å². The minimum Gasteiger partial charge on any atom is -0.383 e. The third-order valence-electron chi connectivity index (χ3n) is 2.93. The number of hydrogen-bond acceptors (Lipinski definition) is 5. The second kappa shape index (κ2) is 5.45. The monoisotopic (exact) mass is 343 g/mol. The van der Waals surface area contributed by atoms with E-state index >= 15 is 0 Å². The molecule has 2 aromatic heterocycles. The van der Waals surface area contributed by atoms with E-state index < -0.39 is 0 Å². The van der Waals surface area contributed by atoms with Gasteiger partial charge in [-0.05, 0) is 23.8 Å². The lowest BCUT2D eigenvalue weighted by Gasteiger charge is -2.03. The van der Waals surface area contributed by atoms with Crippen molar-refractivity contribution in [1.82, 2.24) is 19.7 Å². The molecule has 0 saturated carbocycles. The van der Waals surface area contributed by atoms with Crippen molar-refractivity contribution in [2.45, 2.75) is 0 Å². The predicted octanol–water partition coefficient (Wildman–Crippen LogP) is 2.49. The first kappa shape index (κ1) is 13.4. The number of nitrogen functional groups attached to an aromatic ring is 1. The number of halogens is 1. The molecule has 0 radical (unpaired) electrons. The Hall–Kier alpha value is -2.54. The summed E-state index contributed by atoms with van der Waals surface area (Å²) in [7, 11) is 0. The minimum absolute atomic E-state index is 0.252. The summed E-state index contributed by atoms with van der Waals surface area (Å²) in [6.07, 6.45) is 3.85. The highest BCUT2D eigenvalue weighted by atomic mass is 79.9. The van der Waals surface area contributed by atoms with Crippen molar-refractivity contribution in [2.24, 2.45) is 0 Å². The number of hydrogen-bond donors (Lipinski definition) is 1. The summed E-state index contributed by atoms with van der Waals surface area (Å²) in [6.45, 7) is 0. The van der Waals surface area contributed by atoms with Gasteiger partial charge in [0.05, 0.1) is 5.56 Å². The Morgan fingerprint density at radius 1 is 1.14 bits per heavy atom. The molecular weight excluding hydrogens is 334 g/mol. The first-order valence-electron chi connectivity index (χ1n) is 6.07. The Morgan fingerprint density at radius 3 is 2.43 bits per heavy atom. The van der Waals surface area contributed by atoms with Crippen LogP contribution in [0.25, 0.3) is 17.1 Å². The van der Waals surface area contributed by atoms with Crippen molar-refractivity contribution in [3.05, 3.63) is 52.9 Å². The van der Waals surface area contributed by atoms with E-state index in [9.17, 15) is 4.79 Å². The smallest absolute Gasteiger partial charge is 0.252 e. The normalized spacial score (nSPS) is 10.5. The predicted molar refractivity (Wildman–Crippen MR) is 82.1 cm³/mol. The summed E-state index contributed by atoms with van der Waals surface area (Å²) in [5, 5.41) is 4.18. The molecule has 104 valence electrons. The van der Waals surface area contributed by atoms with Gasteiger partial charge < -0.3 is 5.73 Å². The van der Waals surface area contributed by atoms with E-state index in [1.54, 1.807) is 18.5 Å². The van der Waals surface area contributed by atoms with Crippen LogP contribution in [0, 0.1) is 0 Å².